The first-order valence-electron chi connectivity index (χ1n) is 1.90. The van der Waals surface area contributed by atoms with Crippen molar-refractivity contribution in [1.29, 1.82) is 0 Å². The largest absolute Gasteiger partial charge is 0.418 e. The Labute approximate surface area is 71.9 Å². The van der Waals surface area contributed by atoms with Crippen LogP contribution in [0.15, 0.2) is 12.2 Å². The molecule has 3 radical (unpaired) electrons. The second kappa shape index (κ2) is 7.50. The average Bonchev–Trinajstić information content (AvgIpc) is 1.89. The van der Waals surface area contributed by atoms with Crippen LogP contribution in [-0.2, 0) is 26.7 Å². The number of carbonyl (C=O) groups is 1. The Morgan fingerprint density at radius 2 is 1.64 bits per heavy atom. The summed E-state index contributed by atoms with van der Waals surface area (Å²) in [6, 6.07) is 0. The van der Waals surface area contributed by atoms with Gasteiger partial charge >= 0.3 is 6.18 Å². The van der Waals surface area contributed by atoms with Gasteiger partial charge in [0.25, 0.3) is 6.79 Å². The summed E-state index contributed by atoms with van der Waals surface area (Å²) in [4.78, 5) is 16.8. The van der Waals surface area contributed by atoms with Gasteiger partial charge in [0.05, 0.1) is 5.57 Å². The molecule has 63 valence electrons. The minimum Gasteiger partial charge on any atom is -0.298 e. The molecule has 2 nitrogen and oxygen atoms in total. The van der Waals surface area contributed by atoms with E-state index in [0.717, 1.165) is 0 Å². The van der Waals surface area contributed by atoms with E-state index in [2.05, 4.69) is 13.4 Å². The summed E-state index contributed by atoms with van der Waals surface area (Å²) in [6.45, 7) is 6.95. The third-order valence-electron chi connectivity index (χ3n) is 0.506. The fourth-order valence-electron chi connectivity index (χ4n) is 0.0668. The second-order valence-electron chi connectivity index (χ2n) is 1.14. The van der Waals surface area contributed by atoms with Crippen molar-refractivity contribution in [2.45, 2.75) is 6.18 Å². The van der Waals surface area contributed by atoms with Gasteiger partial charge in [0.1, 0.15) is 0 Å². The van der Waals surface area contributed by atoms with Crippen LogP contribution in [0.2, 0.25) is 0 Å². The van der Waals surface area contributed by atoms with Gasteiger partial charge in [-0.15, -0.1) is 0 Å². The molecule has 0 aromatic heterocycles. The molecule has 0 amide bonds. The Hall–Kier alpha value is -0.611. The molecule has 0 saturated heterocycles. The summed E-state index contributed by atoms with van der Waals surface area (Å²) >= 11 is 0. The Morgan fingerprint density at radius 3 is 1.64 bits per heavy atom. The van der Waals surface area contributed by atoms with Gasteiger partial charge in [-0.05, 0) is 0 Å². The summed E-state index contributed by atoms with van der Waals surface area (Å²) in [5.74, 6) is 0. The quantitative estimate of drug-likeness (QED) is 0.363. The van der Waals surface area contributed by atoms with Gasteiger partial charge in [-0.2, -0.15) is 13.2 Å². The zero-order chi connectivity index (χ0) is 8.78. The van der Waals surface area contributed by atoms with Crippen molar-refractivity contribution >= 4 is 13.1 Å². The molecule has 0 aromatic rings. The van der Waals surface area contributed by atoms with E-state index >= 15 is 0 Å². The van der Waals surface area contributed by atoms with Crippen LogP contribution in [0.1, 0.15) is 0 Å². The number of rotatable bonds is 1. The fraction of sp³-hybridized carbons (Fsp3) is 0.200. The summed E-state index contributed by atoms with van der Waals surface area (Å²) in [5, 5.41) is 0. The number of aldehydes is 1. The first-order chi connectivity index (χ1) is 4.48. The van der Waals surface area contributed by atoms with Gasteiger partial charge in [-0.3, -0.25) is 9.59 Å². The number of carbonyl (C=O) groups excluding carboxylic acids is 2. The third kappa shape index (κ3) is 9.39. The number of hydrogen-bond donors (Lipinski definition) is 0. The summed E-state index contributed by atoms with van der Waals surface area (Å²) < 4.78 is 33.4. The van der Waals surface area contributed by atoms with Gasteiger partial charge in [0.2, 0.25) is 0 Å². The SMILES string of the molecule is C=C(C=O)C(F)(F)F.[C]=O.[Mn]. The predicted octanol–water partition coefficient (Wildman–Crippen LogP) is 0.904. The van der Waals surface area contributed by atoms with Crippen LogP contribution in [-0.4, -0.2) is 19.3 Å². The number of alkyl halides is 3. The van der Waals surface area contributed by atoms with E-state index in [0.29, 0.717) is 0 Å². The van der Waals surface area contributed by atoms with Crippen molar-refractivity contribution in [3.05, 3.63) is 12.2 Å². The van der Waals surface area contributed by atoms with Crippen LogP contribution < -0.4 is 0 Å². The molecule has 0 saturated carbocycles. The minimum absolute atomic E-state index is 0. The summed E-state index contributed by atoms with van der Waals surface area (Å²) in [7, 11) is 0. The first-order valence-corrected chi connectivity index (χ1v) is 1.90. The van der Waals surface area contributed by atoms with Crippen LogP contribution in [0.5, 0.6) is 0 Å². The Kier molecular flexibility index (Phi) is 11.4. The van der Waals surface area contributed by atoms with Gasteiger partial charge < -0.3 is 0 Å². The van der Waals surface area contributed by atoms with Crippen LogP contribution in [0.3, 0.4) is 0 Å². The molecular formula is C5H3F3MnO2. The first kappa shape index (κ1) is 16.8. The van der Waals surface area contributed by atoms with Crippen LogP contribution in [0, 0.1) is 0 Å². The van der Waals surface area contributed by atoms with E-state index < -0.39 is 11.7 Å². The molecule has 0 heterocycles. The van der Waals surface area contributed by atoms with Gasteiger partial charge in [0, 0.05) is 17.1 Å². The van der Waals surface area contributed by atoms with Crippen molar-refractivity contribution in [2.24, 2.45) is 0 Å². The molecule has 6 heteroatoms. The van der Waals surface area contributed by atoms with Gasteiger partial charge in [-0.25, -0.2) is 0 Å². The molecule has 0 rings (SSSR count). The van der Waals surface area contributed by atoms with Crippen LogP contribution in [0.25, 0.3) is 0 Å². The Bertz CT molecular complexity index is 132. The maximum absolute atomic E-state index is 11.1. The van der Waals surface area contributed by atoms with Gasteiger partial charge in [0.15, 0.2) is 6.29 Å². The van der Waals surface area contributed by atoms with Crippen molar-refractivity contribution < 1.29 is 39.8 Å². The molecule has 0 aliphatic carbocycles. The van der Waals surface area contributed by atoms with E-state index in [-0.39, 0.29) is 23.4 Å². The molecule has 11 heavy (non-hydrogen) atoms. The molecular weight excluding hydrogens is 204 g/mol. The molecule has 0 fully saturated rings. The molecule has 0 unspecified atom stereocenters. The standard InChI is InChI=1S/C4H3F3O.CO.Mn/c1-3(2-8)4(5,6)7;1-2;/h2H,1H2;;. The van der Waals surface area contributed by atoms with Crippen molar-refractivity contribution in [2.75, 3.05) is 0 Å². The van der Waals surface area contributed by atoms with Gasteiger partial charge in [-0.1, -0.05) is 6.58 Å². The second-order valence-corrected chi connectivity index (χ2v) is 1.14. The summed E-state index contributed by atoms with van der Waals surface area (Å²) in [6.07, 6.45) is -4.87. The molecule has 0 aliphatic rings. The van der Waals surface area contributed by atoms with E-state index in [4.69, 9.17) is 4.79 Å². The molecule has 0 aliphatic heterocycles. The normalized spacial score (nSPS) is 8.27. The maximum Gasteiger partial charge on any atom is 0.418 e. The maximum atomic E-state index is 11.1. The van der Waals surface area contributed by atoms with Crippen molar-refractivity contribution in [3.63, 3.8) is 0 Å². The third-order valence-corrected chi connectivity index (χ3v) is 0.506. The Balaban J connectivity index is -0.000000196. The summed E-state index contributed by atoms with van der Waals surface area (Å²) in [5.41, 5.74) is -1.35. The molecule has 0 N–H and O–H groups in total. The van der Waals surface area contributed by atoms with Crippen LogP contribution in [0.4, 0.5) is 13.2 Å². The van der Waals surface area contributed by atoms with Crippen molar-refractivity contribution in [1.82, 2.24) is 0 Å². The number of halogens is 3. The molecule has 0 aromatic carbocycles. The monoisotopic (exact) mass is 207 g/mol. The number of hydrogen-bond acceptors (Lipinski definition) is 2. The van der Waals surface area contributed by atoms with E-state index in [9.17, 15) is 18.0 Å². The topological polar surface area (TPSA) is 34.1 Å². The molecule has 0 bridgehead atoms. The van der Waals surface area contributed by atoms with Crippen LogP contribution >= 0.6 is 0 Å². The van der Waals surface area contributed by atoms with E-state index in [1.165, 1.54) is 0 Å². The van der Waals surface area contributed by atoms with Crippen molar-refractivity contribution in [3.8, 4) is 0 Å². The number of allylic oxidation sites excluding steroid dienone is 1. The van der Waals surface area contributed by atoms with E-state index in [1.807, 2.05) is 0 Å². The fourth-order valence-corrected chi connectivity index (χ4v) is 0.0668. The average molecular weight is 207 g/mol. The zero-order valence-electron chi connectivity index (χ0n) is 5.11. The predicted molar refractivity (Wildman–Crippen MR) is 27.0 cm³/mol. The molecule has 0 spiro atoms. The Morgan fingerprint density at radius 1 is 1.36 bits per heavy atom. The molecule has 0 atom stereocenters. The van der Waals surface area contributed by atoms with E-state index in [1.54, 1.807) is 0 Å². The zero-order valence-corrected chi connectivity index (χ0v) is 6.29. The smallest absolute Gasteiger partial charge is 0.298 e. The minimum atomic E-state index is -4.55.